The molecule has 5 heteroatoms. The summed E-state index contributed by atoms with van der Waals surface area (Å²) in [6.45, 7) is 8.30. The molecule has 3 atom stereocenters. The van der Waals surface area contributed by atoms with Crippen LogP contribution in [0.3, 0.4) is 0 Å². The summed E-state index contributed by atoms with van der Waals surface area (Å²) in [5, 5.41) is 0.549. The van der Waals surface area contributed by atoms with Gasteiger partial charge in [0.15, 0.2) is 0 Å². The highest BCUT2D eigenvalue weighted by Crippen LogP contribution is 2.69. The maximum Gasteiger partial charge on any atom is 0.133 e. The van der Waals surface area contributed by atoms with E-state index in [1.807, 2.05) is 6.92 Å². The number of carbonyl (C=O) groups excluding carboxylic acids is 1. The van der Waals surface area contributed by atoms with Crippen LogP contribution < -0.4 is 0 Å². The number of ketones is 1. The fourth-order valence-corrected chi connectivity index (χ4v) is 8.41. The van der Waals surface area contributed by atoms with Gasteiger partial charge < -0.3 is 0 Å². The highest BCUT2D eigenvalue weighted by Gasteiger charge is 2.24. The van der Waals surface area contributed by atoms with Crippen molar-refractivity contribution in [3.8, 4) is 0 Å². The third-order valence-electron chi connectivity index (χ3n) is 2.38. The standard InChI is InChI=1S/C10H21OPS3/c1-5-9(4)15-12(13,14)8(3)7-10(11)6-2/h8-9H,5-7H2,1-4H3,(H,13,14)/t8-,9?/m0/s1. The summed E-state index contributed by atoms with van der Waals surface area (Å²) < 4.78 is -1.70. The number of Topliss-reactive ketones (excluding diaryl/α,β-unsaturated/α-hetero) is 1. The summed E-state index contributed by atoms with van der Waals surface area (Å²) in [6.07, 6.45) is 2.32. The summed E-state index contributed by atoms with van der Waals surface area (Å²) in [5.41, 5.74) is 0.252. The zero-order chi connectivity index (χ0) is 12.1. The highest BCUT2D eigenvalue weighted by molar-refractivity contribution is 8.96. The fraction of sp³-hybridized carbons (Fsp3) is 0.900. The van der Waals surface area contributed by atoms with Gasteiger partial charge in [0.2, 0.25) is 0 Å². The third-order valence-corrected chi connectivity index (χ3v) is 11.6. The van der Waals surface area contributed by atoms with Crippen molar-refractivity contribution in [3.63, 3.8) is 0 Å². The van der Waals surface area contributed by atoms with Crippen LogP contribution in [-0.2, 0) is 16.6 Å². The minimum Gasteiger partial charge on any atom is -0.300 e. The monoisotopic (exact) mass is 284 g/mol. The van der Waals surface area contributed by atoms with Gasteiger partial charge in [0, 0.05) is 23.8 Å². The molecule has 0 amide bonds. The lowest BCUT2D eigenvalue weighted by Gasteiger charge is -2.25. The highest BCUT2D eigenvalue weighted by atomic mass is 33.2. The van der Waals surface area contributed by atoms with Gasteiger partial charge in [0.25, 0.3) is 0 Å². The van der Waals surface area contributed by atoms with Crippen molar-refractivity contribution >= 4 is 45.7 Å². The third kappa shape index (κ3) is 6.35. The molecule has 0 saturated heterocycles. The van der Waals surface area contributed by atoms with Crippen molar-refractivity contribution in [2.24, 2.45) is 0 Å². The number of thiol groups is 1. The minimum atomic E-state index is -1.70. The summed E-state index contributed by atoms with van der Waals surface area (Å²) in [5.74, 6) is 0.301. The van der Waals surface area contributed by atoms with Crippen molar-refractivity contribution in [3.05, 3.63) is 0 Å². The second kappa shape index (κ2) is 7.37. The van der Waals surface area contributed by atoms with Gasteiger partial charge in [-0.3, -0.25) is 4.79 Å². The molecule has 0 aromatic heterocycles. The molecule has 0 aliphatic heterocycles. The first-order chi connectivity index (χ1) is 6.83. The quantitative estimate of drug-likeness (QED) is 0.547. The van der Waals surface area contributed by atoms with Crippen molar-refractivity contribution < 1.29 is 4.79 Å². The molecule has 0 aliphatic carbocycles. The second-order valence-electron chi connectivity index (χ2n) is 3.83. The lowest BCUT2D eigenvalue weighted by atomic mass is 10.2. The Morgan fingerprint density at radius 3 is 2.40 bits per heavy atom. The average molecular weight is 284 g/mol. The van der Waals surface area contributed by atoms with E-state index >= 15 is 0 Å². The maximum atomic E-state index is 11.4. The molecule has 90 valence electrons. The largest absolute Gasteiger partial charge is 0.300 e. The molecule has 0 aromatic rings. The predicted octanol–water partition coefficient (Wildman–Crippen LogP) is 4.52. The Bertz CT molecular complexity index is 255. The molecule has 15 heavy (non-hydrogen) atoms. The van der Waals surface area contributed by atoms with Crippen LogP contribution in [0, 0.1) is 0 Å². The Labute approximate surface area is 108 Å². The molecule has 0 aromatic carbocycles. The summed E-state index contributed by atoms with van der Waals surface area (Å²) in [6, 6.07) is 0. The molecular weight excluding hydrogens is 263 g/mol. The van der Waals surface area contributed by atoms with Crippen LogP contribution in [0.4, 0.5) is 0 Å². The van der Waals surface area contributed by atoms with E-state index in [0.717, 1.165) is 6.42 Å². The van der Waals surface area contributed by atoms with E-state index in [1.54, 1.807) is 11.4 Å². The molecule has 0 heterocycles. The Morgan fingerprint density at radius 2 is 2.00 bits per heavy atom. The van der Waals surface area contributed by atoms with Crippen LogP contribution >= 0.6 is 28.1 Å². The molecule has 0 saturated carbocycles. The van der Waals surface area contributed by atoms with E-state index in [-0.39, 0.29) is 5.66 Å². The molecule has 1 nitrogen and oxygen atoms in total. The topological polar surface area (TPSA) is 17.1 Å². The number of hydrogen-bond donors (Lipinski definition) is 1. The van der Waals surface area contributed by atoms with Crippen molar-refractivity contribution in [2.45, 2.75) is 57.9 Å². The Kier molecular flexibility index (Phi) is 7.87. The molecule has 0 rings (SSSR count). The predicted molar refractivity (Wildman–Crippen MR) is 80.0 cm³/mol. The van der Waals surface area contributed by atoms with Gasteiger partial charge in [-0.2, -0.15) is 0 Å². The van der Waals surface area contributed by atoms with Crippen LogP contribution in [0.25, 0.3) is 0 Å². The first-order valence-corrected chi connectivity index (χ1v) is 10.9. The van der Waals surface area contributed by atoms with Gasteiger partial charge in [-0.25, -0.2) is 0 Å². The van der Waals surface area contributed by atoms with E-state index in [4.69, 9.17) is 11.8 Å². The Balaban J connectivity index is 4.32. The summed E-state index contributed by atoms with van der Waals surface area (Å²) in [7, 11) is 0. The van der Waals surface area contributed by atoms with Gasteiger partial charge in [-0.1, -0.05) is 39.5 Å². The minimum absolute atomic E-state index is 0.252. The van der Waals surface area contributed by atoms with Gasteiger partial charge in [-0.05, 0) is 6.42 Å². The number of hydrogen-bond acceptors (Lipinski definition) is 3. The molecule has 2 unspecified atom stereocenters. The fourth-order valence-electron chi connectivity index (χ4n) is 1.03. The SMILES string of the molecule is CCC(=O)C[C@H](C)P(=S)(S)SC(C)CC. The van der Waals surface area contributed by atoms with E-state index in [0.29, 0.717) is 23.9 Å². The van der Waals surface area contributed by atoms with Gasteiger partial charge in [0.05, 0.1) is 4.44 Å². The van der Waals surface area contributed by atoms with Crippen LogP contribution in [0.2, 0.25) is 0 Å². The lowest BCUT2D eigenvalue weighted by molar-refractivity contribution is -0.118. The number of rotatable bonds is 7. The van der Waals surface area contributed by atoms with Crippen LogP contribution in [0.5, 0.6) is 0 Å². The zero-order valence-corrected chi connectivity index (χ0v) is 13.3. The van der Waals surface area contributed by atoms with E-state index < -0.39 is 4.44 Å². The molecule has 0 fully saturated rings. The summed E-state index contributed by atoms with van der Waals surface area (Å²) >= 11 is 12.0. The molecule has 0 bridgehead atoms. The molecule has 0 radical (unpaired) electrons. The van der Waals surface area contributed by atoms with E-state index in [2.05, 4.69) is 33.0 Å². The van der Waals surface area contributed by atoms with E-state index in [9.17, 15) is 4.79 Å². The maximum absolute atomic E-state index is 11.4. The zero-order valence-electron chi connectivity index (χ0n) is 9.90. The number of carbonyl (C=O) groups is 1. The Hall–Kier alpha value is 1.02. The van der Waals surface area contributed by atoms with Crippen molar-refractivity contribution in [2.75, 3.05) is 0 Å². The second-order valence-corrected chi connectivity index (χ2v) is 15.2. The summed E-state index contributed by atoms with van der Waals surface area (Å²) in [4.78, 5) is 11.4. The molecule has 0 aliphatic rings. The van der Waals surface area contributed by atoms with E-state index in [1.165, 1.54) is 0 Å². The Morgan fingerprint density at radius 1 is 1.47 bits per heavy atom. The normalized spacial score (nSPS) is 19.3. The lowest BCUT2D eigenvalue weighted by Crippen LogP contribution is -2.08. The van der Waals surface area contributed by atoms with Crippen LogP contribution in [0.1, 0.15) is 47.0 Å². The average Bonchev–Trinajstić information content (AvgIpc) is 2.16. The smallest absolute Gasteiger partial charge is 0.133 e. The first kappa shape index (κ1) is 16.0. The van der Waals surface area contributed by atoms with Gasteiger partial charge >= 0.3 is 0 Å². The van der Waals surface area contributed by atoms with Crippen LogP contribution in [0.15, 0.2) is 0 Å². The first-order valence-electron chi connectivity index (χ1n) is 5.36. The van der Waals surface area contributed by atoms with Gasteiger partial charge in [0.1, 0.15) is 5.78 Å². The molecule has 0 spiro atoms. The van der Waals surface area contributed by atoms with Crippen molar-refractivity contribution in [1.82, 2.24) is 0 Å². The van der Waals surface area contributed by atoms with Gasteiger partial charge in [-0.15, -0.1) is 23.6 Å². The molecule has 0 N–H and O–H groups in total. The van der Waals surface area contributed by atoms with Crippen LogP contribution in [-0.4, -0.2) is 16.7 Å². The van der Waals surface area contributed by atoms with Crippen molar-refractivity contribution in [1.29, 1.82) is 0 Å². The molecular formula is C10H21OPS3.